The number of aryl methyl sites for hydroxylation is 1. The van der Waals surface area contributed by atoms with E-state index in [1.165, 1.54) is 17.9 Å². The highest BCUT2D eigenvalue weighted by atomic mass is 35.5. The number of rotatable bonds is 4. The van der Waals surface area contributed by atoms with Gasteiger partial charge in [-0.3, -0.25) is 9.69 Å². The van der Waals surface area contributed by atoms with Crippen LogP contribution in [-0.2, 0) is 0 Å². The second-order valence-corrected chi connectivity index (χ2v) is 8.18. The van der Waals surface area contributed by atoms with Gasteiger partial charge < -0.3 is 4.90 Å². The predicted octanol–water partition coefficient (Wildman–Crippen LogP) is 5.47. The van der Waals surface area contributed by atoms with Gasteiger partial charge in [0.05, 0.1) is 6.04 Å². The first-order valence-corrected chi connectivity index (χ1v) is 10.6. The lowest BCUT2D eigenvalue weighted by Gasteiger charge is -2.40. The molecule has 1 atom stereocenters. The quantitative estimate of drug-likeness (QED) is 0.536. The van der Waals surface area contributed by atoms with E-state index in [2.05, 4.69) is 17.0 Å². The van der Waals surface area contributed by atoms with E-state index in [9.17, 15) is 13.6 Å². The molecule has 0 saturated carbocycles. The molecule has 3 aromatic rings. The van der Waals surface area contributed by atoms with Crippen LogP contribution in [0.3, 0.4) is 0 Å². The summed E-state index contributed by atoms with van der Waals surface area (Å²) < 4.78 is 28.6. The Balaban J connectivity index is 1.55. The molecule has 6 heteroatoms. The standard InChI is InChI=1S/C25H23ClF2N2O/c1-17-7-12-21(27)22(23(17)28)25(31)30-15-13-29(14-16-30)24(18-5-3-2-4-6-18)19-8-10-20(26)11-9-19/h2-12,24H,13-16H2,1H3. The van der Waals surface area contributed by atoms with E-state index in [4.69, 9.17) is 11.6 Å². The number of hydrogen-bond acceptors (Lipinski definition) is 2. The van der Waals surface area contributed by atoms with Gasteiger partial charge in [0, 0.05) is 31.2 Å². The van der Waals surface area contributed by atoms with Crippen molar-refractivity contribution >= 4 is 17.5 Å². The first-order chi connectivity index (χ1) is 15.0. The summed E-state index contributed by atoms with van der Waals surface area (Å²) in [6, 6.07) is 20.4. The van der Waals surface area contributed by atoms with Crippen molar-refractivity contribution < 1.29 is 13.6 Å². The summed E-state index contributed by atoms with van der Waals surface area (Å²) >= 11 is 6.08. The van der Waals surface area contributed by atoms with Crippen LogP contribution in [0.15, 0.2) is 66.7 Å². The molecule has 0 N–H and O–H groups in total. The number of halogens is 3. The highest BCUT2D eigenvalue weighted by Gasteiger charge is 2.31. The number of piperazine rings is 1. The van der Waals surface area contributed by atoms with Crippen LogP contribution in [0.25, 0.3) is 0 Å². The van der Waals surface area contributed by atoms with Crippen LogP contribution >= 0.6 is 11.6 Å². The van der Waals surface area contributed by atoms with Crippen LogP contribution in [0.5, 0.6) is 0 Å². The minimum atomic E-state index is -0.821. The molecule has 3 nitrogen and oxygen atoms in total. The van der Waals surface area contributed by atoms with Crippen molar-refractivity contribution in [3.8, 4) is 0 Å². The van der Waals surface area contributed by atoms with E-state index >= 15 is 0 Å². The first kappa shape index (κ1) is 21.5. The topological polar surface area (TPSA) is 23.6 Å². The Morgan fingerprint density at radius 2 is 1.48 bits per heavy atom. The summed E-state index contributed by atoms with van der Waals surface area (Å²) in [5.74, 6) is -2.20. The van der Waals surface area contributed by atoms with E-state index in [0.717, 1.165) is 17.2 Å². The molecule has 4 rings (SSSR count). The van der Waals surface area contributed by atoms with Gasteiger partial charge in [-0.15, -0.1) is 0 Å². The third kappa shape index (κ3) is 4.48. The zero-order valence-electron chi connectivity index (χ0n) is 17.2. The van der Waals surface area contributed by atoms with Gasteiger partial charge in [-0.1, -0.05) is 60.1 Å². The molecular formula is C25H23ClF2N2O. The Bertz CT molecular complexity index is 1060. The zero-order chi connectivity index (χ0) is 22.0. The largest absolute Gasteiger partial charge is 0.336 e. The Morgan fingerprint density at radius 3 is 2.13 bits per heavy atom. The monoisotopic (exact) mass is 440 g/mol. The van der Waals surface area contributed by atoms with Crippen molar-refractivity contribution in [1.82, 2.24) is 9.80 Å². The lowest BCUT2D eigenvalue weighted by Crippen LogP contribution is -2.50. The zero-order valence-corrected chi connectivity index (χ0v) is 17.9. The fourth-order valence-electron chi connectivity index (χ4n) is 4.09. The third-order valence-corrected chi connectivity index (χ3v) is 6.02. The number of amides is 1. The van der Waals surface area contributed by atoms with Crippen LogP contribution in [-0.4, -0.2) is 41.9 Å². The highest BCUT2D eigenvalue weighted by molar-refractivity contribution is 6.30. The van der Waals surface area contributed by atoms with Crippen LogP contribution in [0, 0.1) is 18.6 Å². The molecular weight excluding hydrogens is 418 g/mol. The van der Waals surface area contributed by atoms with Gasteiger partial charge in [0.25, 0.3) is 5.91 Å². The maximum absolute atomic E-state index is 14.4. The average molecular weight is 441 g/mol. The van der Waals surface area contributed by atoms with Gasteiger partial charge in [-0.25, -0.2) is 8.78 Å². The number of benzene rings is 3. The Kier molecular flexibility index (Phi) is 6.35. The molecule has 160 valence electrons. The molecule has 31 heavy (non-hydrogen) atoms. The molecule has 3 aromatic carbocycles. The molecule has 0 bridgehead atoms. The number of carbonyl (C=O) groups is 1. The van der Waals surface area contributed by atoms with E-state index in [0.29, 0.717) is 31.2 Å². The molecule has 0 aliphatic carbocycles. The second kappa shape index (κ2) is 9.16. The lowest BCUT2D eigenvalue weighted by molar-refractivity contribution is 0.0588. The summed E-state index contributed by atoms with van der Waals surface area (Å²) in [6.07, 6.45) is 0. The minimum absolute atomic E-state index is 0.00293. The van der Waals surface area contributed by atoms with E-state index < -0.39 is 23.1 Å². The Morgan fingerprint density at radius 1 is 0.871 bits per heavy atom. The molecule has 0 aromatic heterocycles. The van der Waals surface area contributed by atoms with Crippen LogP contribution in [0.1, 0.15) is 33.1 Å². The van der Waals surface area contributed by atoms with Gasteiger partial charge in [-0.05, 0) is 41.8 Å². The van der Waals surface area contributed by atoms with E-state index in [1.54, 1.807) is 0 Å². The molecule has 1 aliphatic heterocycles. The van der Waals surface area contributed by atoms with Gasteiger partial charge >= 0.3 is 0 Å². The van der Waals surface area contributed by atoms with Crippen molar-refractivity contribution in [2.24, 2.45) is 0 Å². The SMILES string of the molecule is Cc1ccc(F)c(C(=O)N2CCN(C(c3ccccc3)c3ccc(Cl)cc3)CC2)c1F. The van der Waals surface area contributed by atoms with Gasteiger partial charge in [0.1, 0.15) is 17.2 Å². The molecule has 1 fully saturated rings. The molecule has 1 aliphatic rings. The summed E-state index contributed by atoms with van der Waals surface area (Å²) in [4.78, 5) is 16.7. The fraction of sp³-hybridized carbons (Fsp3) is 0.240. The fourth-order valence-corrected chi connectivity index (χ4v) is 4.21. The normalized spacial score (nSPS) is 15.7. The molecule has 1 amide bonds. The second-order valence-electron chi connectivity index (χ2n) is 7.75. The summed E-state index contributed by atoms with van der Waals surface area (Å²) in [5.41, 5.74) is 2.03. The Hall–Kier alpha value is -2.76. The van der Waals surface area contributed by atoms with E-state index in [-0.39, 0.29) is 11.6 Å². The van der Waals surface area contributed by atoms with Crippen molar-refractivity contribution in [3.05, 3.63) is 106 Å². The third-order valence-electron chi connectivity index (χ3n) is 5.77. The molecule has 1 heterocycles. The van der Waals surface area contributed by atoms with Crippen LogP contribution in [0.2, 0.25) is 5.02 Å². The van der Waals surface area contributed by atoms with Gasteiger partial charge in [0.2, 0.25) is 0 Å². The van der Waals surface area contributed by atoms with Gasteiger partial charge in [-0.2, -0.15) is 0 Å². The number of nitrogens with zero attached hydrogens (tertiary/aromatic N) is 2. The minimum Gasteiger partial charge on any atom is -0.336 e. The average Bonchev–Trinajstić information content (AvgIpc) is 2.79. The highest BCUT2D eigenvalue weighted by Crippen LogP contribution is 2.31. The maximum atomic E-state index is 14.4. The maximum Gasteiger partial charge on any atom is 0.259 e. The summed E-state index contributed by atoms with van der Waals surface area (Å²) in [7, 11) is 0. The van der Waals surface area contributed by atoms with Crippen LogP contribution < -0.4 is 0 Å². The van der Waals surface area contributed by atoms with Crippen molar-refractivity contribution in [1.29, 1.82) is 0 Å². The smallest absolute Gasteiger partial charge is 0.259 e. The Labute approximate surface area is 185 Å². The lowest BCUT2D eigenvalue weighted by atomic mass is 9.96. The molecule has 0 spiro atoms. The van der Waals surface area contributed by atoms with Crippen molar-refractivity contribution in [3.63, 3.8) is 0 Å². The molecule has 0 radical (unpaired) electrons. The number of carbonyl (C=O) groups excluding carboxylic acids is 1. The molecule has 1 unspecified atom stereocenters. The summed E-state index contributed by atoms with van der Waals surface area (Å²) in [6.45, 7) is 3.48. The van der Waals surface area contributed by atoms with E-state index in [1.807, 2.05) is 42.5 Å². The van der Waals surface area contributed by atoms with Gasteiger partial charge in [0.15, 0.2) is 0 Å². The first-order valence-electron chi connectivity index (χ1n) is 10.2. The van der Waals surface area contributed by atoms with Crippen LogP contribution in [0.4, 0.5) is 8.78 Å². The predicted molar refractivity (Wildman–Crippen MR) is 118 cm³/mol. The van der Waals surface area contributed by atoms with Crippen molar-refractivity contribution in [2.45, 2.75) is 13.0 Å². The summed E-state index contributed by atoms with van der Waals surface area (Å²) in [5, 5.41) is 0.674. The number of hydrogen-bond donors (Lipinski definition) is 0. The molecule has 1 saturated heterocycles. The van der Waals surface area contributed by atoms with Crippen molar-refractivity contribution in [2.75, 3.05) is 26.2 Å².